The normalized spacial score (nSPS) is 45.3. The first-order valence-corrected chi connectivity index (χ1v) is 15.2. The minimum Gasteiger partial charge on any atom is -0.466 e. The van der Waals surface area contributed by atoms with Gasteiger partial charge in [-0.15, -0.1) is 0 Å². The van der Waals surface area contributed by atoms with Crippen molar-refractivity contribution in [3.63, 3.8) is 0 Å². The van der Waals surface area contributed by atoms with Gasteiger partial charge in [0.1, 0.15) is 5.78 Å². The Morgan fingerprint density at radius 1 is 1.06 bits per heavy atom. The Balaban J connectivity index is 1.25. The highest BCUT2D eigenvalue weighted by atomic mass is 16.7. The summed E-state index contributed by atoms with van der Waals surface area (Å²) < 4.78 is 17.5. The molecule has 0 aromatic carbocycles. The zero-order chi connectivity index (χ0) is 25.5. The van der Waals surface area contributed by atoms with Gasteiger partial charge in [-0.1, -0.05) is 20.8 Å². The Kier molecular flexibility index (Phi) is 7.90. The number of ketones is 1. The van der Waals surface area contributed by atoms with Crippen LogP contribution in [0.5, 0.6) is 0 Å². The van der Waals surface area contributed by atoms with Crippen molar-refractivity contribution >= 4 is 11.8 Å². The third kappa shape index (κ3) is 4.81. The molecule has 204 valence electrons. The van der Waals surface area contributed by atoms with E-state index in [-0.39, 0.29) is 35.1 Å². The SMILES string of the molecule is CCOC(=O)CC[C@@H](C)C1CC[C@H]2C3C(=O)C[C@@H]4C[C@H](OC5CCCCO5)CC[C@]4(C)C3CC[C@]12C. The highest BCUT2D eigenvalue weighted by molar-refractivity contribution is 5.83. The van der Waals surface area contributed by atoms with Gasteiger partial charge in [0, 0.05) is 25.4 Å². The number of hydrogen-bond acceptors (Lipinski definition) is 5. The van der Waals surface area contributed by atoms with Crippen molar-refractivity contribution in [2.45, 2.75) is 124 Å². The molecule has 5 nitrogen and oxygen atoms in total. The summed E-state index contributed by atoms with van der Waals surface area (Å²) in [4.78, 5) is 25.8. The molecule has 4 unspecified atom stereocenters. The van der Waals surface area contributed by atoms with Crippen LogP contribution in [0.4, 0.5) is 0 Å². The Morgan fingerprint density at radius 3 is 2.58 bits per heavy atom. The molecule has 0 bridgehead atoms. The molecular weight excluding hydrogens is 452 g/mol. The third-order valence-electron chi connectivity index (χ3n) is 11.8. The van der Waals surface area contributed by atoms with Crippen LogP contribution in [0.15, 0.2) is 0 Å². The zero-order valence-electron chi connectivity index (χ0n) is 23.3. The Morgan fingerprint density at radius 2 is 1.83 bits per heavy atom. The molecular formula is C31H50O5. The summed E-state index contributed by atoms with van der Waals surface area (Å²) in [5, 5.41) is 0. The quantitative estimate of drug-likeness (QED) is 0.286. The number of ether oxygens (including phenoxy) is 3. The number of hydrogen-bond donors (Lipinski definition) is 0. The van der Waals surface area contributed by atoms with Gasteiger partial charge in [0.2, 0.25) is 0 Å². The lowest BCUT2D eigenvalue weighted by Gasteiger charge is -2.60. The number of esters is 1. The van der Waals surface area contributed by atoms with E-state index in [9.17, 15) is 9.59 Å². The minimum atomic E-state index is -0.0659. The van der Waals surface area contributed by atoms with E-state index < -0.39 is 0 Å². The van der Waals surface area contributed by atoms with Gasteiger partial charge < -0.3 is 14.2 Å². The predicted molar refractivity (Wildman–Crippen MR) is 139 cm³/mol. The molecule has 5 fully saturated rings. The minimum absolute atomic E-state index is 0.0308. The molecule has 1 heterocycles. The second-order valence-electron chi connectivity index (χ2n) is 13.5. The number of carbonyl (C=O) groups excluding carboxylic acids is 2. The number of fused-ring (bicyclic) bond motifs is 5. The van der Waals surface area contributed by atoms with E-state index in [1.165, 1.54) is 38.5 Å². The molecule has 5 aliphatic rings. The van der Waals surface area contributed by atoms with Crippen LogP contribution in [0.1, 0.15) is 111 Å². The summed E-state index contributed by atoms with van der Waals surface area (Å²) in [7, 11) is 0. The van der Waals surface area contributed by atoms with Gasteiger partial charge in [-0.05, 0) is 118 Å². The summed E-state index contributed by atoms with van der Waals surface area (Å²) >= 11 is 0. The maximum atomic E-state index is 13.8. The van der Waals surface area contributed by atoms with Crippen molar-refractivity contribution in [3.8, 4) is 0 Å². The molecule has 5 rings (SSSR count). The van der Waals surface area contributed by atoms with E-state index in [2.05, 4.69) is 20.8 Å². The first-order valence-electron chi connectivity index (χ1n) is 15.2. The summed E-state index contributed by atoms with van der Waals surface area (Å²) in [6.07, 6.45) is 13.9. The van der Waals surface area contributed by atoms with Gasteiger partial charge in [-0.25, -0.2) is 0 Å². The average Bonchev–Trinajstić information content (AvgIpc) is 3.21. The van der Waals surface area contributed by atoms with E-state index in [1.807, 2.05) is 6.92 Å². The fraction of sp³-hybridized carbons (Fsp3) is 0.935. The van der Waals surface area contributed by atoms with Gasteiger partial charge in [-0.2, -0.15) is 0 Å². The highest BCUT2D eigenvalue weighted by Crippen LogP contribution is 2.67. The fourth-order valence-corrected chi connectivity index (χ4v) is 9.80. The summed E-state index contributed by atoms with van der Waals surface area (Å²) in [6.45, 7) is 10.5. The van der Waals surface area contributed by atoms with E-state index >= 15 is 0 Å². The molecule has 1 aliphatic heterocycles. The van der Waals surface area contributed by atoms with Crippen molar-refractivity contribution in [2.75, 3.05) is 13.2 Å². The molecule has 4 aliphatic carbocycles. The molecule has 5 heteroatoms. The standard InChI is InChI=1S/C31H50O5/c1-5-34-27(33)12-9-20(2)23-10-11-24-29-25(14-16-31(23,24)4)30(3)15-13-22(18-21(30)19-26(29)32)36-28-8-6-7-17-35-28/h20-25,28-29H,5-19H2,1-4H3/t20-,21+,22-,23?,24+,25?,28?,29?,30+,31-/m1/s1. The molecule has 4 saturated carbocycles. The Labute approximate surface area is 218 Å². The van der Waals surface area contributed by atoms with E-state index in [1.54, 1.807) is 0 Å². The first kappa shape index (κ1) is 26.7. The average molecular weight is 503 g/mol. The fourth-order valence-electron chi connectivity index (χ4n) is 9.80. The van der Waals surface area contributed by atoms with E-state index in [0.717, 1.165) is 45.1 Å². The van der Waals surface area contributed by atoms with Gasteiger partial charge in [-0.3, -0.25) is 9.59 Å². The molecule has 0 N–H and O–H groups in total. The molecule has 36 heavy (non-hydrogen) atoms. The monoisotopic (exact) mass is 502 g/mol. The van der Waals surface area contributed by atoms with Gasteiger partial charge >= 0.3 is 5.97 Å². The Bertz CT molecular complexity index is 805. The lowest BCUT2D eigenvalue weighted by molar-refractivity contribution is -0.211. The number of rotatable bonds is 7. The molecule has 0 radical (unpaired) electrons. The van der Waals surface area contributed by atoms with Crippen LogP contribution in [-0.4, -0.2) is 37.4 Å². The van der Waals surface area contributed by atoms with Crippen molar-refractivity contribution < 1.29 is 23.8 Å². The van der Waals surface area contributed by atoms with Crippen molar-refractivity contribution in [1.82, 2.24) is 0 Å². The van der Waals surface area contributed by atoms with Crippen LogP contribution < -0.4 is 0 Å². The van der Waals surface area contributed by atoms with Crippen molar-refractivity contribution in [2.24, 2.45) is 46.3 Å². The summed E-state index contributed by atoms with van der Waals surface area (Å²) in [5.74, 6) is 3.33. The lowest BCUT2D eigenvalue weighted by atomic mass is 9.44. The summed E-state index contributed by atoms with van der Waals surface area (Å²) in [6, 6.07) is 0. The predicted octanol–water partition coefficient (Wildman–Crippen LogP) is 6.72. The Hall–Kier alpha value is -0.940. The van der Waals surface area contributed by atoms with Gasteiger partial charge in [0.05, 0.1) is 12.7 Å². The molecule has 0 amide bonds. The van der Waals surface area contributed by atoms with Crippen LogP contribution in [0.3, 0.4) is 0 Å². The topological polar surface area (TPSA) is 61.8 Å². The maximum absolute atomic E-state index is 13.8. The molecule has 0 aromatic heterocycles. The molecule has 1 saturated heterocycles. The number of carbonyl (C=O) groups is 2. The summed E-state index contributed by atoms with van der Waals surface area (Å²) in [5.41, 5.74) is 0.494. The van der Waals surface area contributed by atoms with E-state index in [4.69, 9.17) is 14.2 Å². The molecule has 0 spiro atoms. The smallest absolute Gasteiger partial charge is 0.305 e. The lowest BCUT2D eigenvalue weighted by Crippen LogP contribution is -2.57. The van der Waals surface area contributed by atoms with Crippen LogP contribution >= 0.6 is 0 Å². The van der Waals surface area contributed by atoms with Crippen LogP contribution in [0, 0.1) is 46.3 Å². The molecule has 0 aromatic rings. The van der Waals surface area contributed by atoms with Crippen molar-refractivity contribution in [3.05, 3.63) is 0 Å². The third-order valence-corrected chi connectivity index (χ3v) is 11.8. The largest absolute Gasteiger partial charge is 0.466 e. The second-order valence-corrected chi connectivity index (χ2v) is 13.5. The van der Waals surface area contributed by atoms with Gasteiger partial charge in [0.25, 0.3) is 0 Å². The zero-order valence-corrected chi connectivity index (χ0v) is 23.3. The maximum Gasteiger partial charge on any atom is 0.305 e. The van der Waals surface area contributed by atoms with Crippen molar-refractivity contribution in [1.29, 1.82) is 0 Å². The van der Waals surface area contributed by atoms with E-state index in [0.29, 0.717) is 48.4 Å². The van der Waals surface area contributed by atoms with Crippen LogP contribution in [0.25, 0.3) is 0 Å². The van der Waals surface area contributed by atoms with Crippen LogP contribution in [0.2, 0.25) is 0 Å². The first-order chi connectivity index (χ1) is 17.3. The highest BCUT2D eigenvalue weighted by Gasteiger charge is 2.63. The number of Topliss-reactive ketones (excluding diaryl/α,β-unsaturated/α-hetero) is 1. The van der Waals surface area contributed by atoms with Gasteiger partial charge in [0.15, 0.2) is 6.29 Å². The molecule has 10 atom stereocenters. The van der Waals surface area contributed by atoms with Crippen LogP contribution in [-0.2, 0) is 23.8 Å². The second kappa shape index (κ2) is 10.7.